The van der Waals surface area contributed by atoms with Gasteiger partial charge in [0.15, 0.2) is 11.6 Å². The van der Waals surface area contributed by atoms with Crippen LogP contribution in [-0.2, 0) is 0 Å². The first-order valence-electron chi connectivity index (χ1n) is 6.83. The number of halogens is 2. The van der Waals surface area contributed by atoms with Crippen molar-refractivity contribution in [1.29, 1.82) is 0 Å². The molecule has 0 bridgehead atoms. The molecule has 1 atom stereocenters. The first-order valence-corrected chi connectivity index (χ1v) is 6.83. The fourth-order valence-electron chi connectivity index (χ4n) is 2.94. The van der Waals surface area contributed by atoms with E-state index in [1.807, 2.05) is 6.92 Å². The Kier molecular flexibility index (Phi) is 4.33. The Morgan fingerprint density at radius 1 is 1.22 bits per heavy atom. The molecule has 0 saturated heterocycles. The average Bonchev–Trinajstić information content (AvgIpc) is 2.88. The summed E-state index contributed by atoms with van der Waals surface area (Å²) in [4.78, 5) is 0. The SMILES string of the molecule is CCNC(c1ccc(C)c(F)c1F)C1CCCC1. The van der Waals surface area contributed by atoms with Crippen molar-refractivity contribution in [3.05, 3.63) is 34.9 Å². The third-order valence-electron chi connectivity index (χ3n) is 3.94. The predicted molar refractivity (Wildman–Crippen MR) is 69.5 cm³/mol. The highest BCUT2D eigenvalue weighted by atomic mass is 19.2. The van der Waals surface area contributed by atoms with E-state index in [0.29, 0.717) is 17.0 Å². The zero-order valence-corrected chi connectivity index (χ0v) is 11.1. The van der Waals surface area contributed by atoms with E-state index < -0.39 is 11.6 Å². The molecule has 1 N–H and O–H groups in total. The predicted octanol–water partition coefficient (Wildman–Crippen LogP) is 4.11. The Hall–Kier alpha value is -0.960. The van der Waals surface area contributed by atoms with Crippen LogP contribution in [-0.4, -0.2) is 6.54 Å². The Labute approximate surface area is 108 Å². The van der Waals surface area contributed by atoms with Crippen LogP contribution in [0.3, 0.4) is 0 Å². The van der Waals surface area contributed by atoms with E-state index in [1.165, 1.54) is 12.8 Å². The lowest BCUT2D eigenvalue weighted by Crippen LogP contribution is -2.28. The maximum atomic E-state index is 14.1. The Bertz CT molecular complexity index is 411. The minimum Gasteiger partial charge on any atom is -0.310 e. The van der Waals surface area contributed by atoms with Crippen LogP contribution >= 0.6 is 0 Å². The third-order valence-corrected chi connectivity index (χ3v) is 3.94. The van der Waals surface area contributed by atoms with Crippen molar-refractivity contribution in [2.75, 3.05) is 6.54 Å². The monoisotopic (exact) mass is 253 g/mol. The summed E-state index contributed by atoms with van der Waals surface area (Å²) in [6.45, 7) is 4.38. The molecule has 0 heterocycles. The first kappa shape index (κ1) is 13.5. The lowest BCUT2D eigenvalue weighted by atomic mass is 9.90. The maximum Gasteiger partial charge on any atom is 0.163 e. The second kappa shape index (κ2) is 5.79. The van der Waals surface area contributed by atoms with E-state index in [1.54, 1.807) is 19.1 Å². The summed E-state index contributed by atoms with van der Waals surface area (Å²) >= 11 is 0. The van der Waals surface area contributed by atoms with Gasteiger partial charge in [0.25, 0.3) is 0 Å². The highest BCUT2D eigenvalue weighted by molar-refractivity contribution is 5.28. The van der Waals surface area contributed by atoms with E-state index in [2.05, 4.69) is 5.32 Å². The molecule has 1 nitrogen and oxygen atoms in total. The molecule has 2 rings (SSSR count). The highest BCUT2D eigenvalue weighted by Crippen LogP contribution is 2.37. The molecule has 1 aliphatic rings. The normalized spacial score (nSPS) is 18.2. The van der Waals surface area contributed by atoms with Crippen LogP contribution in [0.4, 0.5) is 8.78 Å². The lowest BCUT2D eigenvalue weighted by molar-refractivity contribution is 0.356. The fourth-order valence-corrected chi connectivity index (χ4v) is 2.94. The van der Waals surface area contributed by atoms with Gasteiger partial charge >= 0.3 is 0 Å². The van der Waals surface area contributed by atoms with E-state index >= 15 is 0 Å². The lowest BCUT2D eigenvalue weighted by Gasteiger charge is -2.25. The quantitative estimate of drug-likeness (QED) is 0.851. The largest absolute Gasteiger partial charge is 0.310 e. The molecule has 0 aromatic heterocycles. The molecule has 100 valence electrons. The van der Waals surface area contributed by atoms with Crippen molar-refractivity contribution in [2.24, 2.45) is 5.92 Å². The number of benzene rings is 1. The van der Waals surface area contributed by atoms with Gasteiger partial charge in [-0.1, -0.05) is 31.9 Å². The van der Waals surface area contributed by atoms with Crippen LogP contribution in [0, 0.1) is 24.5 Å². The first-order chi connectivity index (χ1) is 8.65. The number of aryl methyl sites for hydroxylation is 1. The molecular weight excluding hydrogens is 232 g/mol. The molecule has 1 unspecified atom stereocenters. The molecule has 1 aromatic rings. The molecule has 3 heteroatoms. The Morgan fingerprint density at radius 3 is 2.50 bits per heavy atom. The third kappa shape index (κ3) is 2.56. The van der Waals surface area contributed by atoms with Gasteiger partial charge in [-0.15, -0.1) is 0 Å². The second-order valence-corrected chi connectivity index (χ2v) is 5.18. The van der Waals surface area contributed by atoms with E-state index in [9.17, 15) is 8.78 Å². The molecule has 1 aliphatic carbocycles. The van der Waals surface area contributed by atoms with E-state index in [4.69, 9.17) is 0 Å². The van der Waals surface area contributed by atoms with Gasteiger partial charge in [-0.3, -0.25) is 0 Å². The van der Waals surface area contributed by atoms with Crippen molar-refractivity contribution in [1.82, 2.24) is 5.32 Å². The van der Waals surface area contributed by atoms with Gasteiger partial charge in [0.1, 0.15) is 0 Å². The van der Waals surface area contributed by atoms with Gasteiger partial charge in [-0.25, -0.2) is 8.78 Å². The summed E-state index contributed by atoms with van der Waals surface area (Å²) in [7, 11) is 0. The van der Waals surface area contributed by atoms with Crippen LogP contribution in [0.5, 0.6) is 0 Å². The molecule has 0 aliphatic heterocycles. The summed E-state index contributed by atoms with van der Waals surface area (Å²) in [6.07, 6.45) is 4.60. The zero-order valence-electron chi connectivity index (χ0n) is 11.1. The van der Waals surface area contributed by atoms with E-state index in [-0.39, 0.29) is 6.04 Å². The van der Waals surface area contributed by atoms with Gasteiger partial charge in [-0.05, 0) is 37.8 Å². The number of hydrogen-bond donors (Lipinski definition) is 1. The molecule has 18 heavy (non-hydrogen) atoms. The Balaban J connectivity index is 2.32. The zero-order chi connectivity index (χ0) is 13.1. The van der Waals surface area contributed by atoms with Crippen molar-refractivity contribution in [2.45, 2.75) is 45.6 Å². The molecule has 1 aromatic carbocycles. The van der Waals surface area contributed by atoms with Crippen molar-refractivity contribution in [3.8, 4) is 0 Å². The van der Waals surface area contributed by atoms with Crippen LogP contribution in [0.25, 0.3) is 0 Å². The highest BCUT2D eigenvalue weighted by Gasteiger charge is 2.28. The second-order valence-electron chi connectivity index (χ2n) is 5.18. The summed E-state index contributed by atoms with van der Waals surface area (Å²) in [5, 5.41) is 3.32. The van der Waals surface area contributed by atoms with Crippen LogP contribution in [0.1, 0.15) is 49.8 Å². The molecule has 0 radical (unpaired) electrons. The average molecular weight is 253 g/mol. The van der Waals surface area contributed by atoms with Gasteiger partial charge in [0.05, 0.1) is 0 Å². The minimum absolute atomic E-state index is 0.0485. The van der Waals surface area contributed by atoms with E-state index in [0.717, 1.165) is 19.4 Å². The fraction of sp³-hybridized carbons (Fsp3) is 0.600. The molecule has 0 spiro atoms. The van der Waals surface area contributed by atoms with Gasteiger partial charge in [0.2, 0.25) is 0 Å². The van der Waals surface area contributed by atoms with Gasteiger partial charge < -0.3 is 5.32 Å². The molecular formula is C15H21F2N. The molecule has 1 fully saturated rings. The van der Waals surface area contributed by atoms with Gasteiger partial charge in [-0.2, -0.15) is 0 Å². The summed E-state index contributed by atoms with van der Waals surface area (Å²) in [5.74, 6) is -0.942. The minimum atomic E-state index is -0.701. The molecule has 0 amide bonds. The maximum absolute atomic E-state index is 14.1. The topological polar surface area (TPSA) is 12.0 Å². The van der Waals surface area contributed by atoms with Crippen molar-refractivity contribution >= 4 is 0 Å². The molecule has 1 saturated carbocycles. The van der Waals surface area contributed by atoms with Gasteiger partial charge in [0, 0.05) is 11.6 Å². The number of hydrogen-bond acceptors (Lipinski definition) is 1. The van der Waals surface area contributed by atoms with Crippen molar-refractivity contribution in [3.63, 3.8) is 0 Å². The summed E-state index contributed by atoms with van der Waals surface area (Å²) in [6, 6.07) is 3.36. The standard InChI is InChI=1S/C15H21F2N/c1-3-18-15(11-6-4-5-7-11)12-9-8-10(2)13(16)14(12)17/h8-9,11,15,18H,3-7H2,1-2H3. The van der Waals surface area contributed by atoms with Crippen molar-refractivity contribution < 1.29 is 8.78 Å². The summed E-state index contributed by atoms with van der Waals surface area (Å²) < 4.78 is 27.8. The smallest absolute Gasteiger partial charge is 0.163 e. The number of nitrogens with one attached hydrogen (secondary N) is 1. The van der Waals surface area contributed by atoms with Crippen LogP contribution < -0.4 is 5.32 Å². The Morgan fingerprint density at radius 2 is 1.89 bits per heavy atom. The van der Waals surface area contributed by atoms with Crippen LogP contribution in [0.2, 0.25) is 0 Å². The number of rotatable bonds is 4. The van der Waals surface area contributed by atoms with Crippen LogP contribution in [0.15, 0.2) is 12.1 Å². The summed E-state index contributed by atoms with van der Waals surface area (Å²) in [5.41, 5.74) is 0.866.